The Morgan fingerprint density at radius 2 is 2.00 bits per heavy atom. The first kappa shape index (κ1) is 13.4. The third-order valence-electron chi connectivity index (χ3n) is 1.71. The van der Waals surface area contributed by atoms with E-state index in [1.807, 2.05) is 13.8 Å². The predicted molar refractivity (Wildman–Crippen MR) is 53.2 cm³/mol. The van der Waals surface area contributed by atoms with Gasteiger partial charge in [-0.15, -0.1) is 0 Å². The highest BCUT2D eigenvalue weighted by molar-refractivity contribution is 5.79. The van der Waals surface area contributed by atoms with Gasteiger partial charge < -0.3 is 21.3 Å². The maximum atomic E-state index is 10.6. The Hall–Kier alpha value is -0.650. The Kier molecular flexibility index (Phi) is 6.44. The van der Waals surface area contributed by atoms with E-state index in [0.29, 0.717) is 25.4 Å². The SMILES string of the molecule is CC(C)COC(O)CCC(N)C(N)=O. The molecule has 0 aliphatic rings. The van der Waals surface area contributed by atoms with E-state index in [2.05, 4.69) is 0 Å². The molecule has 0 fully saturated rings. The molecule has 0 aromatic carbocycles. The van der Waals surface area contributed by atoms with Crippen molar-refractivity contribution in [3.63, 3.8) is 0 Å². The van der Waals surface area contributed by atoms with Crippen molar-refractivity contribution < 1.29 is 14.6 Å². The molecule has 1 amide bonds. The van der Waals surface area contributed by atoms with Crippen LogP contribution in [0, 0.1) is 5.92 Å². The van der Waals surface area contributed by atoms with Crippen LogP contribution in [0.4, 0.5) is 0 Å². The maximum absolute atomic E-state index is 10.6. The number of aliphatic hydroxyl groups is 1. The summed E-state index contributed by atoms with van der Waals surface area (Å²) in [4.78, 5) is 10.6. The lowest BCUT2D eigenvalue weighted by Gasteiger charge is -2.14. The monoisotopic (exact) mass is 204 g/mol. The van der Waals surface area contributed by atoms with Gasteiger partial charge in [0.1, 0.15) is 0 Å². The number of nitrogens with two attached hydrogens (primary N) is 2. The number of carbonyl (C=O) groups is 1. The predicted octanol–water partition coefficient (Wildman–Crippen LogP) is -0.430. The van der Waals surface area contributed by atoms with Crippen LogP contribution in [0.15, 0.2) is 0 Å². The van der Waals surface area contributed by atoms with Gasteiger partial charge in [0.05, 0.1) is 12.6 Å². The molecule has 0 radical (unpaired) electrons. The molecule has 2 atom stereocenters. The first-order chi connectivity index (χ1) is 6.43. The molecule has 0 heterocycles. The summed E-state index contributed by atoms with van der Waals surface area (Å²) in [7, 11) is 0. The Labute approximate surface area is 84.4 Å². The Morgan fingerprint density at radius 1 is 1.43 bits per heavy atom. The molecule has 0 rings (SSSR count). The minimum atomic E-state index is -0.859. The number of hydrogen-bond donors (Lipinski definition) is 3. The molecule has 0 bridgehead atoms. The largest absolute Gasteiger partial charge is 0.368 e. The smallest absolute Gasteiger partial charge is 0.234 e. The second-order valence-corrected chi connectivity index (χ2v) is 3.77. The second-order valence-electron chi connectivity index (χ2n) is 3.77. The second kappa shape index (κ2) is 6.75. The summed E-state index contributed by atoms with van der Waals surface area (Å²) in [6, 6.07) is -0.702. The minimum Gasteiger partial charge on any atom is -0.368 e. The van der Waals surface area contributed by atoms with Gasteiger partial charge in [-0.05, 0) is 12.3 Å². The quantitative estimate of drug-likeness (QED) is 0.490. The zero-order valence-corrected chi connectivity index (χ0v) is 8.77. The Morgan fingerprint density at radius 3 is 2.43 bits per heavy atom. The number of hydrogen-bond acceptors (Lipinski definition) is 4. The van der Waals surface area contributed by atoms with Gasteiger partial charge in [-0.1, -0.05) is 13.8 Å². The lowest BCUT2D eigenvalue weighted by Crippen LogP contribution is -2.37. The fraction of sp³-hybridized carbons (Fsp3) is 0.889. The van der Waals surface area contributed by atoms with E-state index in [0.717, 1.165) is 0 Å². The van der Waals surface area contributed by atoms with Crippen molar-refractivity contribution in [2.24, 2.45) is 17.4 Å². The fourth-order valence-corrected chi connectivity index (χ4v) is 0.851. The lowest BCUT2D eigenvalue weighted by molar-refractivity contribution is -0.122. The van der Waals surface area contributed by atoms with Crippen LogP contribution in [-0.4, -0.2) is 30.0 Å². The highest BCUT2D eigenvalue weighted by Gasteiger charge is 2.12. The van der Waals surface area contributed by atoms with Crippen LogP contribution in [-0.2, 0) is 9.53 Å². The third-order valence-corrected chi connectivity index (χ3v) is 1.71. The van der Waals surface area contributed by atoms with E-state index >= 15 is 0 Å². The standard InChI is InChI=1S/C9H20N2O3/c1-6(2)5-14-8(12)4-3-7(10)9(11)13/h6-8,12H,3-5,10H2,1-2H3,(H2,11,13). The molecule has 5 heteroatoms. The van der Waals surface area contributed by atoms with Crippen molar-refractivity contribution in [2.75, 3.05) is 6.61 Å². The van der Waals surface area contributed by atoms with Crippen LogP contribution in [0.5, 0.6) is 0 Å². The van der Waals surface area contributed by atoms with Gasteiger partial charge in [0.25, 0.3) is 0 Å². The topological polar surface area (TPSA) is 98.6 Å². The zero-order chi connectivity index (χ0) is 11.1. The summed E-state index contributed by atoms with van der Waals surface area (Å²) >= 11 is 0. The fourth-order valence-electron chi connectivity index (χ4n) is 0.851. The normalized spacial score (nSPS) is 15.5. The minimum absolute atomic E-state index is 0.330. The van der Waals surface area contributed by atoms with Crippen LogP contribution in [0.3, 0.4) is 0 Å². The van der Waals surface area contributed by atoms with Crippen molar-refractivity contribution in [3.8, 4) is 0 Å². The van der Waals surface area contributed by atoms with Crippen molar-refractivity contribution >= 4 is 5.91 Å². The molecule has 14 heavy (non-hydrogen) atoms. The number of carbonyl (C=O) groups excluding carboxylic acids is 1. The molecule has 0 spiro atoms. The molecule has 0 saturated heterocycles. The highest BCUT2D eigenvalue weighted by Crippen LogP contribution is 2.03. The molecule has 0 saturated carbocycles. The van der Waals surface area contributed by atoms with Gasteiger partial charge in [-0.25, -0.2) is 0 Å². The molecule has 5 nitrogen and oxygen atoms in total. The number of rotatable bonds is 7. The molecule has 0 aromatic rings. The Bertz CT molecular complexity index is 173. The summed E-state index contributed by atoms with van der Waals surface area (Å²) in [5.41, 5.74) is 10.3. The molecular formula is C9H20N2O3. The molecule has 0 aromatic heterocycles. The first-order valence-electron chi connectivity index (χ1n) is 4.78. The van der Waals surface area contributed by atoms with Gasteiger partial charge in [0.2, 0.25) is 5.91 Å². The van der Waals surface area contributed by atoms with Gasteiger partial charge >= 0.3 is 0 Å². The summed E-state index contributed by atoms with van der Waals surface area (Å²) in [6.45, 7) is 4.47. The van der Waals surface area contributed by atoms with E-state index in [-0.39, 0.29) is 0 Å². The lowest BCUT2D eigenvalue weighted by atomic mass is 10.1. The van der Waals surface area contributed by atoms with E-state index < -0.39 is 18.2 Å². The number of amides is 1. The van der Waals surface area contributed by atoms with Crippen LogP contribution < -0.4 is 11.5 Å². The molecule has 0 aliphatic carbocycles. The average Bonchev–Trinajstić information content (AvgIpc) is 2.10. The number of ether oxygens (including phenoxy) is 1. The number of aliphatic hydroxyl groups excluding tert-OH is 1. The van der Waals surface area contributed by atoms with Crippen molar-refractivity contribution in [3.05, 3.63) is 0 Å². The zero-order valence-electron chi connectivity index (χ0n) is 8.77. The van der Waals surface area contributed by atoms with E-state index in [4.69, 9.17) is 16.2 Å². The summed E-state index contributed by atoms with van der Waals surface area (Å²) < 4.78 is 5.08. The van der Waals surface area contributed by atoms with Crippen LogP contribution in [0.25, 0.3) is 0 Å². The maximum Gasteiger partial charge on any atom is 0.234 e. The molecular weight excluding hydrogens is 184 g/mol. The third kappa shape index (κ3) is 6.82. The highest BCUT2D eigenvalue weighted by atomic mass is 16.6. The average molecular weight is 204 g/mol. The van der Waals surface area contributed by atoms with Crippen LogP contribution in [0.2, 0.25) is 0 Å². The molecule has 84 valence electrons. The Balaban J connectivity index is 3.53. The van der Waals surface area contributed by atoms with Crippen LogP contribution in [0.1, 0.15) is 26.7 Å². The van der Waals surface area contributed by atoms with Crippen LogP contribution >= 0.6 is 0 Å². The molecule has 2 unspecified atom stereocenters. The van der Waals surface area contributed by atoms with Gasteiger partial charge in [0.15, 0.2) is 6.29 Å². The van der Waals surface area contributed by atoms with Gasteiger partial charge in [0, 0.05) is 6.42 Å². The van der Waals surface area contributed by atoms with Crippen molar-refractivity contribution in [2.45, 2.75) is 39.0 Å². The molecule has 0 aliphatic heterocycles. The van der Waals surface area contributed by atoms with E-state index in [1.54, 1.807) is 0 Å². The van der Waals surface area contributed by atoms with Crippen molar-refractivity contribution in [1.29, 1.82) is 0 Å². The summed E-state index contributed by atoms with van der Waals surface area (Å²) in [6.07, 6.45) is -0.186. The van der Waals surface area contributed by atoms with E-state index in [1.165, 1.54) is 0 Å². The van der Waals surface area contributed by atoms with Crippen molar-refractivity contribution in [1.82, 2.24) is 0 Å². The summed E-state index contributed by atoms with van der Waals surface area (Å²) in [5, 5.41) is 9.30. The summed E-state index contributed by atoms with van der Waals surface area (Å²) in [5.74, 6) is -0.185. The molecule has 5 N–H and O–H groups in total. The van der Waals surface area contributed by atoms with Gasteiger partial charge in [-0.2, -0.15) is 0 Å². The first-order valence-corrected chi connectivity index (χ1v) is 4.78. The van der Waals surface area contributed by atoms with E-state index in [9.17, 15) is 9.90 Å². The number of primary amides is 1. The van der Waals surface area contributed by atoms with Gasteiger partial charge in [-0.3, -0.25) is 4.79 Å².